The molecule has 2 heteroatoms. The lowest BCUT2D eigenvalue weighted by atomic mass is 9.94. The second kappa shape index (κ2) is 6.02. The smallest absolute Gasteiger partial charge is 0.0332 e. The zero-order valence-electron chi connectivity index (χ0n) is 11.1. The van der Waals surface area contributed by atoms with E-state index in [2.05, 4.69) is 43.5 Å². The van der Waals surface area contributed by atoms with E-state index in [4.69, 9.17) is 0 Å². The summed E-state index contributed by atoms with van der Waals surface area (Å²) < 4.78 is 0. The fourth-order valence-electron chi connectivity index (χ4n) is 2.10. The minimum atomic E-state index is 0.451. The molecule has 0 spiro atoms. The molecular formula is C14H24N2. The van der Waals surface area contributed by atoms with Gasteiger partial charge >= 0.3 is 0 Å². The molecule has 2 nitrogen and oxygen atoms in total. The van der Waals surface area contributed by atoms with Crippen molar-refractivity contribution in [1.29, 1.82) is 0 Å². The Hall–Kier alpha value is -0.860. The van der Waals surface area contributed by atoms with Crippen molar-refractivity contribution in [1.82, 2.24) is 10.6 Å². The number of benzene rings is 1. The van der Waals surface area contributed by atoms with Gasteiger partial charge in [-0.3, -0.25) is 0 Å². The maximum absolute atomic E-state index is 3.40. The molecule has 1 rings (SSSR count). The van der Waals surface area contributed by atoms with Crippen molar-refractivity contribution in [3.63, 3.8) is 0 Å². The molecule has 2 N–H and O–H groups in total. The highest BCUT2D eigenvalue weighted by Gasteiger charge is 2.12. The van der Waals surface area contributed by atoms with Crippen LogP contribution in [0.4, 0.5) is 0 Å². The number of hydrogen-bond donors (Lipinski definition) is 2. The van der Waals surface area contributed by atoms with E-state index in [0.717, 1.165) is 13.0 Å². The molecular weight excluding hydrogens is 196 g/mol. The van der Waals surface area contributed by atoms with Crippen LogP contribution in [0.25, 0.3) is 0 Å². The predicted octanol–water partition coefficient (Wildman–Crippen LogP) is 2.48. The summed E-state index contributed by atoms with van der Waals surface area (Å²) in [7, 11) is 4.04. The van der Waals surface area contributed by atoms with Gasteiger partial charge < -0.3 is 10.6 Å². The Morgan fingerprint density at radius 1 is 1.00 bits per heavy atom. The Morgan fingerprint density at radius 3 is 2.19 bits per heavy atom. The number of aryl methyl sites for hydroxylation is 3. The first kappa shape index (κ1) is 13.2. The van der Waals surface area contributed by atoms with Crippen LogP contribution in [0.1, 0.15) is 34.7 Å². The summed E-state index contributed by atoms with van der Waals surface area (Å²) in [6.45, 7) is 7.60. The number of rotatable bonds is 5. The first-order valence-corrected chi connectivity index (χ1v) is 5.99. The van der Waals surface area contributed by atoms with Gasteiger partial charge in [0.25, 0.3) is 0 Å². The van der Waals surface area contributed by atoms with Gasteiger partial charge in [-0.05, 0) is 70.1 Å². The molecule has 0 saturated carbocycles. The Kier molecular flexibility index (Phi) is 4.97. The van der Waals surface area contributed by atoms with Crippen molar-refractivity contribution >= 4 is 0 Å². The number of nitrogens with one attached hydrogen (secondary N) is 2. The summed E-state index contributed by atoms with van der Waals surface area (Å²) in [5.41, 5.74) is 5.58. The van der Waals surface area contributed by atoms with Crippen LogP contribution in [0, 0.1) is 20.8 Å². The Morgan fingerprint density at radius 2 is 1.62 bits per heavy atom. The molecule has 1 unspecified atom stereocenters. The topological polar surface area (TPSA) is 24.1 Å². The molecule has 1 aromatic carbocycles. The van der Waals surface area contributed by atoms with Gasteiger partial charge in [0.15, 0.2) is 0 Å². The molecule has 90 valence electrons. The van der Waals surface area contributed by atoms with E-state index in [9.17, 15) is 0 Å². The van der Waals surface area contributed by atoms with E-state index in [1.54, 1.807) is 0 Å². The van der Waals surface area contributed by atoms with E-state index < -0.39 is 0 Å². The lowest BCUT2D eigenvalue weighted by Gasteiger charge is -2.20. The summed E-state index contributed by atoms with van der Waals surface area (Å²) in [6.07, 6.45) is 1.12. The Bertz CT molecular complexity index is 345. The van der Waals surface area contributed by atoms with Crippen LogP contribution >= 0.6 is 0 Å². The maximum atomic E-state index is 3.40. The third-order valence-electron chi connectivity index (χ3n) is 3.29. The minimum Gasteiger partial charge on any atom is -0.320 e. The number of hydrogen-bond acceptors (Lipinski definition) is 2. The molecule has 16 heavy (non-hydrogen) atoms. The van der Waals surface area contributed by atoms with E-state index >= 15 is 0 Å². The van der Waals surface area contributed by atoms with Gasteiger partial charge in [0, 0.05) is 6.04 Å². The highest BCUT2D eigenvalue weighted by molar-refractivity contribution is 5.38. The van der Waals surface area contributed by atoms with Crippen LogP contribution in [-0.4, -0.2) is 20.6 Å². The quantitative estimate of drug-likeness (QED) is 0.796. The summed E-state index contributed by atoms with van der Waals surface area (Å²) in [5, 5.41) is 6.61. The van der Waals surface area contributed by atoms with Crippen LogP contribution in [0.3, 0.4) is 0 Å². The van der Waals surface area contributed by atoms with Crippen molar-refractivity contribution in [3.05, 3.63) is 34.4 Å². The second-order valence-electron chi connectivity index (χ2n) is 4.53. The average molecular weight is 220 g/mol. The maximum Gasteiger partial charge on any atom is 0.0332 e. The van der Waals surface area contributed by atoms with Crippen LogP contribution in [0.15, 0.2) is 12.1 Å². The molecule has 0 amide bonds. The zero-order chi connectivity index (χ0) is 12.1. The molecule has 0 heterocycles. The third-order valence-corrected chi connectivity index (χ3v) is 3.29. The largest absolute Gasteiger partial charge is 0.320 e. The average Bonchev–Trinajstić information content (AvgIpc) is 2.26. The van der Waals surface area contributed by atoms with Gasteiger partial charge in [-0.1, -0.05) is 12.1 Å². The van der Waals surface area contributed by atoms with Crippen molar-refractivity contribution in [3.8, 4) is 0 Å². The monoisotopic (exact) mass is 220 g/mol. The van der Waals surface area contributed by atoms with Crippen LogP contribution in [-0.2, 0) is 0 Å². The normalized spacial score (nSPS) is 12.8. The highest BCUT2D eigenvalue weighted by atomic mass is 14.9. The van der Waals surface area contributed by atoms with Gasteiger partial charge in [-0.15, -0.1) is 0 Å². The molecule has 1 aromatic rings. The van der Waals surface area contributed by atoms with Gasteiger partial charge in [0.2, 0.25) is 0 Å². The first-order valence-electron chi connectivity index (χ1n) is 5.99. The lowest BCUT2D eigenvalue weighted by Crippen LogP contribution is -2.22. The summed E-state index contributed by atoms with van der Waals surface area (Å²) >= 11 is 0. The lowest BCUT2D eigenvalue weighted by molar-refractivity contribution is 0.530. The third kappa shape index (κ3) is 3.06. The van der Waals surface area contributed by atoms with Crippen LogP contribution < -0.4 is 10.6 Å². The molecule has 0 radical (unpaired) electrons. The van der Waals surface area contributed by atoms with E-state index in [1.807, 2.05) is 14.1 Å². The van der Waals surface area contributed by atoms with Gasteiger partial charge in [-0.25, -0.2) is 0 Å². The SMILES string of the molecule is CNCCC(NC)c1cc(C)c(C)cc1C. The molecule has 0 aliphatic carbocycles. The summed E-state index contributed by atoms with van der Waals surface area (Å²) in [6, 6.07) is 5.06. The standard InChI is InChI=1S/C14H24N2/c1-10-8-12(3)13(9-11(10)2)14(16-5)6-7-15-4/h8-9,14-16H,6-7H2,1-5H3. The minimum absolute atomic E-state index is 0.451. The fraction of sp³-hybridized carbons (Fsp3) is 0.571. The van der Waals surface area contributed by atoms with Crippen molar-refractivity contribution in [2.45, 2.75) is 33.2 Å². The zero-order valence-corrected chi connectivity index (χ0v) is 11.1. The van der Waals surface area contributed by atoms with E-state index in [0.29, 0.717) is 6.04 Å². The molecule has 0 bridgehead atoms. The Balaban J connectivity index is 2.95. The van der Waals surface area contributed by atoms with Crippen molar-refractivity contribution in [2.24, 2.45) is 0 Å². The van der Waals surface area contributed by atoms with Crippen LogP contribution in [0.2, 0.25) is 0 Å². The van der Waals surface area contributed by atoms with E-state index in [1.165, 1.54) is 22.3 Å². The first-order chi connectivity index (χ1) is 7.60. The van der Waals surface area contributed by atoms with E-state index in [-0.39, 0.29) is 0 Å². The Labute approximate surface area is 99.5 Å². The van der Waals surface area contributed by atoms with Gasteiger partial charge in [-0.2, -0.15) is 0 Å². The highest BCUT2D eigenvalue weighted by Crippen LogP contribution is 2.23. The predicted molar refractivity (Wildman–Crippen MR) is 71.0 cm³/mol. The fourth-order valence-corrected chi connectivity index (χ4v) is 2.10. The van der Waals surface area contributed by atoms with Gasteiger partial charge in [0.1, 0.15) is 0 Å². The van der Waals surface area contributed by atoms with Crippen LogP contribution in [0.5, 0.6) is 0 Å². The molecule has 0 fully saturated rings. The molecule has 0 saturated heterocycles. The second-order valence-corrected chi connectivity index (χ2v) is 4.53. The molecule has 1 atom stereocenters. The molecule has 0 aliphatic rings. The molecule has 0 aliphatic heterocycles. The summed E-state index contributed by atoms with van der Waals surface area (Å²) in [5.74, 6) is 0. The van der Waals surface area contributed by atoms with Crippen molar-refractivity contribution in [2.75, 3.05) is 20.6 Å². The molecule has 0 aromatic heterocycles. The van der Waals surface area contributed by atoms with Crippen molar-refractivity contribution < 1.29 is 0 Å². The van der Waals surface area contributed by atoms with Gasteiger partial charge in [0.05, 0.1) is 0 Å². The summed E-state index contributed by atoms with van der Waals surface area (Å²) in [4.78, 5) is 0.